The molecule has 0 aliphatic heterocycles. The number of nitrogens with zero attached hydrogens (tertiary/aromatic N) is 1. The van der Waals surface area contributed by atoms with Crippen LogP contribution >= 0.6 is 0 Å². The minimum atomic E-state index is -4.47. The van der Waals surface area contributed by atoms with Crippen molar-refractivity contribution >= 4 is 0 Å². The van der Waals surface area contributed by atoms with Gasteiger partial charge < -0.3 is 4.74 Å². The summed E-state index contributed by atoms with van der Waals surface area (Å²) in [6.07, 6.45) is 0.217. The Hall–Kier alpha value is -0.760. The molecule has 2 nitrogen and oxygen atoms in total. The first-order valence-corrected chi connectivity index (χ1v) is 5.12. The van der Waals surface area contributed by atoms with Crippen molar-refractivity contribution in [3.8, 4) is 6.07 Å². The van der Waals surface area contributed by atoms with Crippen LogP contribution in [-0.4, -0.2) is 18.9 Å². The maximum atomic E-state index is 12.2. The van der Waals surface area contributed by atoms with Crippen LogP contribution in [0.15, 0.2) is 0 Å². The quantitative estimate of drug-likeness (QED) is 0.733. The molecule has 0 spiro atoms. The zero-order chi connectivity index (χ0) is 11.3. The molecule has 0 aromatic rings. The summed E-state index contributed by atoms with van der Waals surface area (Å²) in [6, 6.07) is 1.23. The lowest BCUT2D eigenvalue weighted by Gasteiger charge is -2.23. The van der Waals surface area contributed by atoms with Gasteiger partial charge in [0.15, 0.2) is 5.92 Å². The van der Waals surface area contributed by atoms with Crippen molar-refractivity contribution < 1.29 is 17.9 Å². The molecule has 0 amide bonds. The van der Waals surface area contributed by atoms with Gasteiger partial charge in [-0.25, -0.2) is 0 Å². The molecule has 1 saturated carbocycles. The van der Waals surface area contributed by atoms with Crippen molar-refractivity contribution in [3.63, 3.8) is 0 Å². The zero-order valence-electron chi connectivity index (χ0n) is 8.39. The Morgan fingerprint density at radius 3 is 2.33 bits per heavy atom. The van der Waals surface area contributed by atoms with Gasteiger partial charge in [0, 0.05) is 0 Å². The first-order chi connectivity index (χ1) is 7.04. The molecular weight excluding hydrogens is 207 g/mol. The molecule has 0 heterocycles. The molecule has 1 unspecified atom stereocenters. The Morgan fingerprint density at radius 2 is 1.87 bits per heavy atom. The monoisotopic (exact) mass is 221 g/mol. The predicted octanol–water partition coefficient (Wildman–Crippen LogP) is 3.04. The molecule has 1 aliphatic rings. The minimum absolute atomic E-state index is 0.0862. The molecule has 0 aromatic carbocycles. The average Bonchev–Trinajstić information content (AvgIpc) is 2.18. The standard InChI is InChI=1S/C10H14F3NO/c11-10(12,13)8(6-14)7-15-9-4-2-1-3-5-9/h8-9H,1-5,7H2. The molecule has 86 valence electrons. The van der Waals surface area contributed by atoms with Gasteiger partial charge >= 0.3 is 6.18 Å². The normalized spacial score (nSPS) is 20.9. The number of hydrogen-bond acceptors (Lipinski definition) is 2. The largest absolute Gasteiger partial charge is 0.406 e. The third-order valence-corrected chi connectivity index (χ3v) is 2.60. The number of ether oxygens (including phenoxy) is 1. The lowest BCUT2D eigenvalue weighted by atomic mass is 9.98. The van der Waals surface area contributed by atoms with Gasteiger partial charge in [0.05, 0.1) is 18.8 Å². The van der Waals surface area contributed by atoms with Crippen molar-refractivity contribution in [2.24, 2.45) is 5.92 Å². The van der Waals surface area contributed by atoms with E-state index in [1.54, 1.807) is 0 Å². The van der Waals surface area contributed by atoms with Crippen molar-refractivity contribution in [2.45, 2.75) is 44.4 Å². The van der Waals surface area contributed by atoms with Crippen LogP contribution in [0.3, 0.4) is 0 Å². The van der Waals surface area contributed by atoms with E-state index in [4.69, 9.17) is 10.00 Å². The Balaban J connectivity index is 2.31. The molecule has 15 heavy (non-hydrogen) atoms. The number of halogens is 3. The second kappa shape index (κ2) is 5.36. The van der Waals surface area contributed by atoms with Crippen molar-refractivity contribution in [3.05, 3.63) is 0 Å². The van der Waals surface area contributed by atoms with E-state index in [2.05, 4.69) is 0 Å². The molecule has 0 bridgehead atoms. The summed E-state index contributed by atoms with van der Waals surface area (Å²) >= 11 is 0. The molecule has 0 radical (unpaired) electrons. The second-order valence-corrected chi connectivity index (χ2v) is 3.82. The number of rotatable bonds is 3. The van der Waals surface area contributed by atoms with Gasteiger partial charge in [0.2, 0.25) is 0 Å². The van der Waals surface area contributed by atoms with Crippen LogP contribution in [0.4, 0.5) is 13.2 Å². The van der Waals surface area contributed by atoms with E-state index < -0.39 is 18.7 Å². The van der Waals surface area contributed by atoms with Crippen LogP contribution in [0.5, 0.6) is 0 Å². The topological polar surface area (TPSA) is 33.0 Å². The highest BCUT2D eigenvalue weighted by molar-refractivity contribution is 4.88. The fourth-order valence-corrected chi connectivity index (χ4v) is 1.67. The third kappa shape index (κ3) is 4.08. The maximum Gasteiger partial charge on any atom is 0.406 e. The van der Waals surface area contributed by atoms with Gasteiger partial charge in [-0.1, -0.05) is 19.3 Å². The highest BCUT2D eigenvalue weighted by Crippen LogP contribution is 2.27. The minimum Gasteiger partial charge on any atom is -0.376 e. The Bertz CT molecular complexity index is 228. The third-order valence-electron chi connectivity index (χ3n) is 2.60. The van der Waals surface area contributed by atoms with Crippen molar-refractivity contribution in [1.82, 2.24) is 0 Å². The van der Waals surface area contributed by atoms with Crippen LogP contribution in [0.2, 0.25) is 0 Å². The van der Waals surface area contributed by atoms with E-state index in [1.165, 1.54) is 6.07 Å². The van der Waals surface area contributed by atoms with Gasteiger partial charge in [0.25, 0.3) is 0 Å². The molecular formula is C10H14F3NO. The fraction of sp³-hybridized carbons (Fsp3) is 0.900. The van der Waals surface area contributed by atoms with E-state index in [9.17, 15) is 13.2 Å². The van der Waals surface area contributed by atoms with Gasteiger partial charge in [0.1, 0.15) is 0 Å². The first kappa shape index (κ1) is 12.3. The summed E-state index contributed by atoms with van der Waals surface area (Å²) in [4.78, 5) is 0. The van der Waals surface area contributed by atoms with Gasteiger partial charge in [-0.05, 0) is 12.8 Å². The van der Waals surface area contributed by atoms with Crippen LogP contribution in [0, 0.1) is 17.2 Å². The predicted molar refractivity (Wildman–Crippen MR) is 48.0 cm³/mol. The lowest BCUT2D eigenvalue weighted by Crippen LogP contribution is -2.29. The van der Waals surface area contributed by atoms with E-state index >= 15 is 0 Å². The smallest absolute Gasteiger partial charge is 0.376 e. The summed E-state index contributed by atoms with van der Waals surface area (Å²) < 4.78 is 41.6. The van der Waals surface area contributed by atoms with Crippen LogP contribution in [0.1, 0.15) is 32.1 Å². The SMILES string of the molecule is N#CC(COC1CCCCC1)C(F)(F)F. The van der Waals surface area contributed by atoms with Crippen molar-refractivity contribution in [2.75, 3.05) is 6.61 Å². The molecule has 5 heteroatoms. The van der Waals surface area contributed by atoms with E-state index in [0.717, 1.165) is 32.1 Å². The maximum absolute atomic E-state index is 12.2. The van der Waals surface area contributed by atoms with E-state index in [1.807, 2.05) is 0 Å². The highest BCUT2D eigenvalue weighted by atomic mass is 19.4. The molecule has 1 aliphatic carbocycles. The summed E-state index contributed by atoms with van der Waals surface area (Å²) in [6.45, 7) is -0.523. The van der Waals surface area contributed by atoms with Crippen LogP contribution < -0.4 is 0 Å². The molecule has 0 saturated heterocycles. The molecule has 1 fully saturated rings. The second-order valence-electron chi connectivity index (χ2n) is 3.82. The Morgan fingerprint density at radius 1 is 1.27 bits per heavy atom. The lowest BCUT2D eigenvalue weighted by molar-refractivity contribution is -0.176. The summed E-state index contributed by atoms with van der Waals surface area (Å²) in [5.41, 5.74) is 0. The summed E-state index contributed by atoms with van der Waals surface area (Å²) in [5.74, 6) is -1.99. The molecule has 1 atom stereocenters. The molecule has 0 N–H and O–H groups in total. The first-order valence-electron chi connectivity index (χ1n) is 5.12. The number of alkyl halides is 3. The van der Waals surface area contributed by atoms with Crippen molar-refractivity contribution in [1.29, 1.82) is 5.26 Å². The highest BCUT2D eigenvalue weighted by Gasteiger charge is 2.40. The fourth-order valence-electron chi connectivity index (χ4n) is 1.67. The molecule has 1 rings (SSSR count). The number of hydrogen-bond donors (Lipinski definition) is 0. The Labute approximate surface area is 87.0 Å². The van der Waals surface area contributed by atoms with E-state index in [-0.39, 0.29) is 6.10 Å². The van der Waals surface area contributed by atoms with Gasteiger partial charge in [-0.3, -0.25) is 0 Å². The average molecular weight is 221 g/mol. The van der Waals surface area contributed by atoms with Gasteiger partial charge in [-0.15, -0.1) is 0 Å². The molecule has 0 aromatic heterocycles. The zero-order valence-corrected chi connectivity index (χ0v) is 8.39. The van der Waals surface area contributed by atoms with E-state index in [0.29, 0.717) is 0 Å². The summed E-state index contributed by atoms with van der Waals surface area (Å²) in [5, 5.41) is 8.34. The van der Waals surface area contributed by atoms with Gasteiger partial charge in [-0.2, -0.15) is 18.4 Å². The Kier molecular flexibility index (Phi) is 4.40. The van der Waals surface area contributed by atoms with Crippen LogP contribution in [-0.2, 0) is 4.74 Å². The summed E-state index contributed by atoms with van der Waals surface area (Å²) in [7, 11) is 0. The number of nitriles is 1. The van der Waals surface area contributed by atoms with Crippen LogP contribution in [0.25, 0.3) is 0 Å².